The maximum Gasteiger partial charge on any atom is 0.253 e. The smallest absolute Gasteiger partial charge is 0.253 e. The van der Waals surface area contributed by atoms with Crippen molar-refractivity contribution in [2.75, 3.05) is 11.9 Å². The van der Waals surface area contributed by atoms with Gasteiger partial charge in [0.2, 0.25) is 0 Å². The number of amides is 1. The fourth-order valence-corrected chi connectivity index (χ4v) is 1.69. The minimum atomic E-state index is -0.156. The highest BCUT2D eigenvalue weighted by Crippen LogP contribution is 2.13. The van der Waals surface area contributed by atoms with Gasteiger partial charge < -0.3 is 10.6 Å². The Labute approximate surface area is 117 Å². The lowest BCUT2D eigenvalue weighted by Crippen LogP contribution is -2.24. The maximum atomic E-state index is 12.2. The molecule has 0 aliphatic heterocycles. The fraction of sp³-hybridized carbons (Fsp3) is 0.286. The minimum absolute atomic E-state index is 0.156. The van der Waals surface area contributed by atoms with E-state index in [4.69, 9.17) is 0 Å². The largest absolute Gasteiger partial charge is 0.383 e. The second-order valence-corrected chi connectivity index (χ2v) is 4.25. The van der Waals surface area contributed by atoms with E-state index in [9.17, 15) is 4.79 Å². The fourth-order valence-electron chi connectivity index (χ4n) is 1.69. The first-order valence-electron chi connectivity index (χ1n) is 6.54. The third kappa shape index (κ3) is 3.74. The van der Waals surface area contributed by atoms with Crippen LogP contribution in [0.25, 0.3) is 0 Å². The minimum Gasteiger partial charge on any atom is -0.383 e. The van der Waals surface area contributed by atoms with E-state index in [0.29, 0.717) is 12.1 Å². The average molecular weight is 271 g/mol. The summed E-state index contributed by atoms with van der Waals surface area (Å²) in [5, 5.41) is 13.7. The molecule has 0 aromatic carbocycles. The van der Waals surface area contributed by atoms with Crippen molar-refractivity contribution in [3.8, 4) is 0 Å². The average Bonchev–Trinajstić information content (AvgIpc) is 2.52. The van der Waals surface area contributed by atoms with E-state index < -0.39 is 0 Å². The van der Waals surface area contributed by atoms with Crippen LogP contribution in [0, 0.1) is 0 Å². The number of carbonyl (C=O) groups is 1. The predicted octanol–water partition coefficient (Wildman–Crippen LogP) is 1.62. The zero-order chi connectivity index (χ0) is 14.2. The van der Waals surface area contributed by atoms with Crippen LogP contribution < -0.4 is 10.6 Å². The lowest BCUT2D eigenvalue weighted by Gasteiger charge is -2.10. The van der Waals surface area contributed by atoms with Crippen molar-refractivity contribution in [2.24, 2.45) is 0 Å². The van der Waals surface area contributed by atoms with Gasteiger partial charge in [0.15, 0.2) is 0 Å². The highest BCUT2D eigenvalue weighted by Gasteiger charge is 2.10. The number of anilines is 1. The summed E-state index contributed by atoms with van der Waals surface area (Å²) in [7, 11) is 0. The quantitative estimate of drug-likeness (QED) is 0.834. The molecule has 0 aliphatic carbocycles. The van der Waals surface area contributed by atoms with E-state index in [1.807, 2.05) is 6.07 Å². The summed E-state index contributed by atoms with van der Waals surface area (Å²) in [6.45, 7) is 3.22. The first kappa shape index (κ1) is 13.9. The van der Waals surface area contributed by atoms with Crippen molar-refractivity contribution in [1.29, 1.82) is 0 Å². The molecular weight excluding hydrogens is 254 g/mol. The van der Waals surface area contributed by atoms with Crippen LogP contribution in [-0.2, 0) is 6.54 Å². The van der Waals surface area contributed by atoms with Crippen molar-refractivity contribution in [3.05, 3.63) is 48.0 Å². The van der Waals surface area contributed by atoms with Crippen LogP contribution in [0.2, 0.25) is 0 Å². The SMILES string of the molecule is CCCNc1cnccc1C(=O)NCc1cccnn1. The zero-order valence-electron chi connectivity index (χ0n) is 11.3. The Bertz CT molecular complexity index is 559. The topological polar surface area (TPSA) is 79.8 Å². The Morgan fingerprint density at radius 2 is 2.20 bits per heavy atom. The Morgan fingerprint density at radius 1 is 1.30 bits per heavy atom. The molecule has 0 atom stereocenters. The number of pyridine rings is 1. The van der Waals surface area contributed by atoms with E-state index >= 15 is 0 Å². The Kier molecular flexibility index (Phi) is 5.00. The molecule has 20 heavy (non-hydrogen) atoms. The van der Waals surface area contributed by atoms with Gasteiger partial charge >= 0.3 is 0 Å². The molecule has 0 saturated carbocycles. The summed E-state index contributed by atoms with van der Waals surface area (Å²) in [4.78, 5) is 16.2. The van der Waals surface area contributed by atoms with E-state index in [1.54, 1.807) is 30.7 Å². The van der Waals surface area contributed by atoms with Gasteiger partial charge in [0.05, 0.1) is 29.7 Å². The maximum absolute atomic E-state index is 12.2. The molecule has 1 amide bonds. The molecule has 0 aliphatic rings. The third-order valence-corrected chi connectivity index (χ3v) is 2.69. The monoisotopic (exact) mass is 271 g/mol. The first-order chi connectivity index (χ1) is 9.81. The van der Waals surface area contributed by atoms with Gasteiger partial charge in [-0.05, 0) is 24.6 Å². The number of rotatable bonds is 6. The molecule has 104 valence electrons. The van der Waals surface area contributed by atoms with Gasteiger partial charge in [0, 0.05) is 18.9 Å². The van der Waals surface area contributed by atoms with Crippen LogP contribution >= 0.6 is 0 Å². The highest BCUT2D eigenvalue weighted by molar-refractivity contribution is 5.99. The van der Waals surface area contributed by atoms with Gasteiger partial charge in [-0.1, -0.05) is 6.92 Å². The number of hydrogen-bond donors (Lipinski definition) is 2. The molecule has 2 aromatic rings. The van der Waals surface area contributed by atoms with E-state index in [2.05, 4.69) is 32.7 Å². The second kappa shape index (κ2) is 7.18. The number of aromatic nitrogens is 3. The first-order valence-corrected chi connectivity index (χ1v) is 6.54. The van der Waals surface area contributed by atoms with Crippen molar-refractivity contribution in [2.45, 2.75) is 19.9 Å². The van der Waals surface area contributed by atoms with Crippen LogP contribution in [0.5, 0.6) is 0 Å². The summed E-state index contributed by atoms with van der Waals surface area (Å²) < 4.78 is 0. The Balaban J connectivity index is 2.01. The zero-order valence-corrected chi connectivity index (χ0v) is 11.3. The molecule has 2 rings (SSSR count). The molecule has 0 unspecified atom stereocenters. The third-order valence-electron chi connectivity index (χ3n) is 2.69. The summed E-state index contributed by atoms with van der Waals surface area (Å²) in [5.41, 5.74) is 2.04. The van der Waals surface area contributed by atoms with Gasteiger partial charge in [0.1, 0.15) is 0 Å². The van der Waals surface area contributed by atoms with Gasteiger partial charge in [0.25, 0.3) is 5.91 Å². The van der Waals surface area contributed by atoms with Crippen LogP contribution in [0.4, 0.5) is 5.69 Å². The predicted molar refractivity (Wildman–Crippen MR) is 76.2 cm³/mol. The molecule has 6 nitrogen and oxygen atoms in total. The molecule has 2 N–H and O–H groups in total. The molecule has 0 fully saturated rings. The number of nitrogens with one attached hydrogen (secondary N) is 2. The number of carbonyl (C=O) groups excluding carboxylic acids is 1. The van der Waals surface area contributed by atoms with Crippen LogP contribution in [0.1, 0.15) is 29.4 Å². The molecule has 0 spiro atoms. The second-order valence-electron chi connectivity index (χ2n) is 4.25. The lowest BCUT2D eigenvalue weighted by atomic mass is 10.2. The summed E-state index contributed by atoms with van der Waals surface area (Å²) >= 11 is 0. The Hall–Kier alpha value is -2.50. The molecule has 0 radical (unpaired) electrons. The van der Waals surface area contributed by atoms with Gasteiger partial charge in [-0.25, -0.2) is 0 Å². The van der Waals surface area contributed by atoms with Crippen LogP contribution in [-0.4, -0.2) is 27.6 Å². The van der Waals surface area contributed by atoms with Crippen molar-refractivity contribution >= 4 is 11.6 Å². The van der Waals surface area contributed by atoms with E-state index in [-0.39, 0.29) is 5.91 Å². The van der Waals surface area contributed by atoms with Gasteiger partial charge in [-0.15, -0.1) is 0 Å². The molecule has 2 aromatic heterocycles. The molecule has 0 saturated heterocycles. The Morgan fingerprint density at radius 3 is 2.95 bits per heavy atom. The van der Waals surface area contributed by atoms with Crippen LogP contribution in [0.3, 0.4) is 0 Å². The summed E-state index contributed by atoms with van der Waals surface area (Å²) in [6, 6.07) is 5.30. The molecule has 6 heteroatoms. The van der Waals surface area contributed by atoms with Crippen LogP contribution in [0.15, 0.2) is 36.8 Å². The number of nitrogens with zero attached hydrogens (tertiary/aromatic N) is 3. The van der Waals surface area contributed by atoms with Gasteiger partial charge in [-0.2, -0.15) is 10.2 Å². The summed E-state index contributed by atoms with van der Waals surface area (Å²) in [5.74, 6) is -0.156. The molecule has 0 bridgehead atoms. The van der Waals surface area contributed by atoms with Crippen molar-refractivity contribution < 1.29 is 4.79 Å². The van der Waals surface area contributed by atoms with E-state index in [1.165, 1.54) is 0 Å². The summed E-state index contributed by atoms with van der Waals surface area (Å²) in [6.07, 6.45) is 5.85. The van der Waals surface area contributed by atoms with Crippen molar-refractivity contribution in [3.63, 3.8) is 0 Å². The normalized spacial score (nSPS) is 10.1. The highest BCUT2D eigenvalue weighted by atomic mass is 16.1. The molecule has 2 heterocycles. The lowest BCUT2D eigenvalue weighted by molar-refractivity contribution is 0.0951. The molecular formula is C14H17N5O. The number of hydrogen-bond acceptors (Lipinski definition) is 5. The van der Waals surface area contributed by atoms with Gasteiger partial charge in [-0.3, -0.25) is 9.78 Å². The standard InChI is InChI=1S/C14H17N5O/c1-2-6-16-13-10-15-8-5-12(13)14(20)17-9-11-4-3-7-18-19-11/h3-5,7-8,10,16H,2,6,9H2,1H3,(H,17,20). The van der Waals surface area contributed by atoms with Crippen molar-refractivity contribution in [1.82, 2.24) is 20.5 Å². The van der Waals surface area contributed by atoms with E-state index in [0.717, 1.165) is 24.3 Å².